The summed E-state index contributed by atoms with van der Waals surface area (Å²) < 4.78 is 4.99. The average molecular weight is 333 g/mol. The number of benzene rings is 2. The van der Waals surface area contributed by atoms with E-state index in [4.69, 9.17) is 16.3 Å². The van der Waals surface area contributed by atoms with Gasteiger partial charge in [0.25, 0.3) is 0 Å². The molecule has 0 bridgehead atoms. The maximum absolute atomic E-state index is 12.0. The number of rotatable bonds is 6. The summed E-state index contributed by atoms with van der Waals surface area (Å²) in [5.41, 5.74) is 1.60. The highest BCUT2D eigenvalue weighted by Gasteiger charge is 2.12. The van der Waals surface area contributed by atoms with Crippen molar-refractivity contribution in [2.45, 2.75) is 6.92 Å². The average Bonchev–Trinajstić information content (AvgIpc) is 2.55. The summed E-state index contributed by atoms with van der Waals surface area (Å²) in [5, 5.41) is 6.28. The van der Waals surface area contributed by atoms with E-state index in [9.17, 15) is 9.59 Å². The van der Waals surface area contributed by atoms with Gasteiger partial charge in [-0.15, -0.1) is 0 Å². The monoisotopic (exact) mass is 332 g/mol. The van der Waals surface area contributed by atoms with E-state index in [1.807, 2.05) is 0 Å². The number of carbonyl (C=O) groups excluding carboxylic acids is 2. The minimum absolute atomic E-state index is 0.0268. The fourth-order valence-corrected chi connectivity index (χ4v) is 2.06. The van der Waals surface area contributed by atoms with E-state index in [1.54, 1.807) is 55.5 Å². The van der Waals surface area contributed by atoms with Crippen LogP contribution in [0.5, 0.6) is 0 Å². The number of amides is 1. The second kappa shape index (κ2) is 8.19. The molecular weight excluding hydrogens is 316 g/mol. The number of hydrogen-bond acceptors (Lipinski definition) is 4. The van der Waals surface area contributed by atoms with Crippen molar-refractivity contribution in [2.24, 2.45) is 0 Å². The van der Waals surface area contributed by atoms with Crippen LogP contribution >= 0.6 is 11.6 Å². The number of para-hydroxylation sites is 1. The van der Waals surface area contributed by atoms with Gasteiger partial charge in [-0.05, 0) is 43.3 Å². The topological polar surface area (TPSA) is 67.4 Å². The van der Waals surface area contributed by atoms with Crippen molar-refractivity contribution in [3.8, 4) is 0 Å². The Morgan fingerprint density at radius 2 is 1.78 bits per heavy atom. The Balaban J connectivity index is 1.96. The highest BCUT2D eigenvalue weighted by atomic mass is 35.5. The number of esters is 1. The Morgan fingerprint density at radius 1 is 1.09 bits per heavy atom. The lowest BCUT2D eigenvalue weighted by atomic mass is 10.2. The molecule has 6 heteroatoms. The summed E-state index contributed by atoms with van der Waals surface area (Å²) in [5.74, 6) is -0.653. The zero-order chi connectivity index (χ0) is 16.7. The van der Waals surface area contributed by atoms with Gasteiger partial charge in [-0.2, -0.15) is 0 Å². The summed E-state index contributed by atoms with van der Waals surface area (Å²) in [6.45, 7) is 2.07. The molecule has 0 unspecified atom stereocenters. The van der Waals surface area contributed by atoms with E-state index in [2.05, 4.69) is 10.6 Å². The van der Waals surface area contributed by atoms with Crippen LogP contribution in [0, 0.1) is 0 Å². The quantitative estimate of drug-likeness (QED) is 0.794. The zero-order valence-corrected chi connectivity index (χ0v) is 13.4. The normalized spacial score (nSPS) is 10.0. The van der Waals surface area contributed by atoms with Gasteiger partial charge in [-0.1, -0.05) is 23.7 Å². The van der Waals surface area contributed by atoms with Gasteiger partial charge in [0.05, 0.1) is 18.7 Å². The van der Waals surface area contributed by atoms with Gasteiger partial charge in [0.1, 0.15) is 0 Å². The molecular formula is C17H17ClN2O3. The van der Waals surface area contributed by atoms with Gasteiger partial charge in [0.15, 0.2) is 0 Å². The standard InChI is InChI=1S/C17H17ClN2O3/c1-2-23-17(22)14-5-3-4-6-15(14)19-11-16(21)20-13-9-7-12(18)8-10-13/h3-10,19H,2,11H2,1H3,(H,20,21). The van der Waals surface area contributed by atoms with E-state index in [0.29, 0.717) is 28.6 Å². The molecule has 0 fully saturated rings. The third-order valence-electron chi connectivity index (χ3n) is 2.99. The van der Waals surface area contributed by atoms with Gasteiger partial charge in [0.2, 0.25) is 5.91 Å². The predicted octanol–water partition coefficient (Wildman–Crippen LogP) is 3.57. The molecule has 0 aliphatic carbocycles. The van der Waals surface area contributed by atoms with Crippen LogP contribution in [0.3, 0.4) is 0 Å². The minimum Gasteiger partial charge on any atom is -0.462 e. The molecule has 2 rings (SSSR count). The molecule has 0 heterocycles. The molecule has 5 nitrogen and oxygen atoms in total. The highest BCUT2D eigenvalue weighted by molar-refractivity contribution is 6.30. The summed E-state index contributed by atoms with van der Waals surface area (Å²) in [6, 6.07) is 13.7. The molecule has 2 aromatic carbocycles. The lowest BCUT2D eigenvalue weighted by Crippen LogP contribution is -2.22. The molecule has 0 aliphatic rings. The Hall–Kier alpha value is -2.53. The van der Waals surface area contributed by atoms with Crippen LogP contribution < -0.4 is 10.6 Å². The van der Waals surface area contributed by atoms with Crippen LogP contribution in [-0.4, -0.2) is 25.0 Å². The van der Waals surface area contributed by atoms with Crippen LogP contribution in [0.25, 0.3) is 0 Å². The molecule has 0 saturated carbocycles. The zero-order valence-electron chi connectivity index (χ0n) is 12.6. The smallest absolute Gasteiger partial charge is 0.340 e. The van der Waals surface area contributed by atoms with E-state index in [-0.39, 0.29) is 12.5 Å². The Morgan fingerprint density at radius 3 is 2.48 bits per heavy atom. The number of anilines is 2. The van der Waals surface area contributed by atoms with Crippen molar-refractivity contribution in [1.29, 1.82) is 0 Å². The Labute approximate surface area is 139 Å². The van der Waals surface area contributed by atoms with Crippen molar-refractivity contribution in [2.75, 3.05) is 23.8 Å². The van der Waals surface area contributed by atoms with Gasteiger partial charge in [-0.25, -0.2) is 4.79 Å². The number of hydrogen-bond donors (Lipinski definition) is 2. The Kier molecular flexibility index (Phi) is 6.00. The fourth-order valence-electron chi connectivity index (χ4n) is 1.94. The first kappa shape index (κ1) is 16.8. The molecule has 1 amide bonds. The van der Waals surface area contributed by atoms with E-state index < -0.39 is 5.97 Å². The molecule has 2 aromatic rings. The third-order valence-corrected chi connectivity index (χ3v) is 3.24. The molecule has 2 N–H and O–H groups in total. The lowest BCUT2D eigenvalue weighted by Gasteiger charge is -2.11. The predicted molar refractivity (Wildman–Crippen MR) is 91.0 cm³/mol. The number of ether oxygens (including phenoxy) is 1. The van der Waals surface area contributed by atoms with E-state index in [1.165, 1.54) is 0 Å². The maximum atomic E-state index is 12.0. The van der Waals surface area contributed by atoms with Gasteiger partial charge < -0.3 is 15.4 Å². The van der Waals surface area contributed by atoms with Crippen molar-refractivity contribution >= 4 is 34.9 Å². The molecule has 0 aromatic heterocycles. The second-order valence-electron chi connectivity index (χ2n) is 4.67. The molecule has 0 saturated heterocycles. The number of carbonyl (C=O) groups is 2. The van der Waals surface area contributed by atoms with E-state index >= 15 is 0 Å². The summed E-state index contributed by atoms with van der Waals surface area (Å²) >= 11 is 5.79. The van der Waals surface area contributed by atoms with Crippen LogP contribution in [0.15, 0.2) is 48.5 Å². The minimum atomic E-state index is -0.422. The SMILES string of the molecule is CCOC(=O)c1ccccc1NCC(=O)Nc1ccc(Cl)cc1. The largest absolute Gasteiger partial charge is 0.462 e. The third kappa shape index (κ3) is 5.00. The maximum Gasteiger partial charge on any atom is 0.340 e. The number of halogens is 1. The van der Waals surface area contributed by atoms with Crippen molar-refractivity contribution in [3.05, 3.63) is 59.1 Å². The van der Waals surface area contributed by atoms with Gasteiger partial charge in [-0.3, -0.25) is 4.79 Å². The van der Waals surface area contributed by atoms with Crippen LogP contribution in [0.4, 0.5) is 11.4 Å². The van der Waals surface area contributed by atoms with Crippen molar-refractivity contribution in [1.82, 2.24) is 0 Å². The molecule has 0 aliphatic heterocycles. The number of nitrogens with one attached hydrogen (secondary N) is 2. The van der Waals surface area contributed by atoms with Gasteiger partial charge in [0, 0.05) is 16.4 Å². The van der Waals surface area contributed by atoms with E-state index in [0.717, 1.165) is 0 Å². The van der Waals surface area contributed by atoms with Crippen molar-refractivity contribution < 1.29 is 14.3 Å². The first-order chi connectivity index (χ1) is 11.1. The molecule has 0 radical (unpaired) electrons. The summed E-state index contributed by atoms with van der Waals surface area (Å²) in [6.07, 6.45) is 0. The van der Waals surface area contributed by atoms with Crippen LogP contribution in [0.2, 0.25) is 5.02 Å². The van der Waals surface area contributed by atoms with Crippen LogP contribution in [-0.2, 0) is 9.53 Å². The molecule has 0 spiro atoms. The molecule has 0 atom stereocenters. The van der Waals surface area contributed by atoms with Crippen molar-refractivity contribution in [3.63, 3.8) is 0 Å². The first-order valence-electron chi connectivity index (χ1n) is 7.15. The second-order valence-corrected chi connectivity index (χ2v) is 5.11. The Bertz CT molecular complexity index is 686. The fraction of sp³-hybridized carbons (Fsp3) is 0.176. The molecule has 120 valence electrons. The lowest BCUT2D eigenvalue weighted by molar-refractivity contribution is -0.114. The molecule has 23 heavy (non-hydrogen) atoms. The van der Waals surface area contributed by atoms with Crippen LogP contribution in [0.1, 0.15) is 17.3 Å². The highest BCUT2D eigenvalue weighted by Crippen LogP contribution is 2.16. The summed E-state index contributed by atoms with van der Waals surface area (Å²) in [4.78, 5) is 23.8. The first-order valence-corrected chi connectivity index (χ1v) is 7.53. The van der Waals surface area contributed by atoms with Gasteiger partial charge >= 0.3 is 5.97 Å². The summed E-state index contributed by atoms with van der Waals surface area (Å²) in [7, 11) is 0.